The van der Waals surface area contributed by atoms with E-state index in [1.165, 1.54) is 0 Å². The normalized spacial score (nSPS) is 12.4. The van der Waals surface area contributed by atoms with Gasteiger partial charge in [0.05, 0.1) is 4.88 Å². The van der Waals surface area contributed by atoms with E-state index in [2.05, 4.69) is 15.3 Å². The number of ether oxygens (including phenoxy) is 1. The first-order chi connectivity index (χ1) is 10.2. The number of nitrogens with zero attached hydrogens (tertiary/aromatic N) is 4. The van der Waals surface area contributed by atoms with Crippen molar-refractivity contribution in [1.29, 1.82) is 0 Å². The van der Waals surface area contributed by atoms with Gasteiger partial charge in [-0.25, -0.2) is 0 Å². The summed E-state index contributed by atoms with van der Waals surface area (Å²) in [7, 11) is 0. The van der Waals surface area contributed by atoms with E-state index in [0.29, 0.717) is 23.8 Å². The summed E-state index contributed by atoms with van der Waals surface area (Å²) < 4.78 is 7.11. The van der Waals surface area contributed by atoms with E-state index in [-0.39, 0.29) is 0 Å². The molecule has 0 fully saturated rings. The second-order valence-corrected chi connectivity index (χ2v) is 5.31. The molecular weight excluding hydrogens is 290 g/mol. The lowest BCUT2D eigenvalue weighted by Gasteiger charge is -2.12. The van der Waals surface area contributed by atoms with Crippen LogP contribution in [0.15, 0.2) is 29.6 Å². The highest BCUT2D eigenvalue weighted by Crippen LogP contribution is 2.23. The fourth-order valence-electron chi connectivity index (χ4n) is 1.88. The second-order valence-electron chi connectivity index (χ2n) is 4.36. The Kier molecular flexibility index (Phi) is 3.53. The van der Waals surface area contributed by atoms with Gasteiger partial charge in [0.25, 0.3) is 5.91 Å². The number of carbonyl (C=O) groups excluding carboxylic acids is 1. The molecule has 0 saturated carbocycles. The van der Waals surface area contributed by atoms with Gasteiger partial charge in [0.2, 0.25) is 5.88 Å². The Labute approximate surface area is 124 Å². The smallest absolute Gasteiger partial charge is 0.258 e. The van der Waals surface area contributed by atoms with Crippen LogP contribution < -0.4 is 10.5 Å². The predicted octanol–water partition coefficient (Wildman–Crippen LogP) is 1.50. The largest absolute Gasteiger partial charge is 0.463 e. The highest BCUT2D eigenvalue weighted by atomic mass is 32.1. The lowest BCUT2D eigenvalue weighted by Crippen LogP contribution is -2.33. The van der Waals surface area contributed by atoms with Gasteiger partial charge in [-0.3, -0.25) is 4.79 Å². The topological polar surface area (TPSA) is 95.4 Å². The Bertz CT molecular complexity index is 768. The average molecular weight is 303 g/mol. The molecule has 21 heavy (non-hydrogen) atoms. The molecule has 0 radical (unpaired) electrons. The molecule has 1 unspecified atom stereocenters. The van der Waals surface area contributed by atoms with Crippen molar-refractivity contribution < 1.29 is 9.53 Å². The number of amides is 1. The van der Waals surface area contributed by atoms with E-state index in [0.717, 1.165) is 4.88 Å². The summed E-state index contributed by atoms with van der Waals surface area (Å²) in [5, 5.41) is 14.5. The van der Waals surface area contributed by atoms with Gasteiger partial charge in [-0.2, -0.15) is 4.52 Å². The van der Waals surface area contributed by atoms with Crippen molar-refractivity contribution >= 4 is 22.9 Å². The molecule has 1 atom stereocenters. The number of primary amides is 1. The zero-order valence-corrected chi connectivity index (χ0v) is 12.1. The van der Waals surface area contributed by atoms with Crippen LogP contribution in [0.5, 0.6) is 5.88 Å². The number of thiophene rings is 1. The monoisotopic (exact) mass is 303 g/mol. The van der Waals surface area contributed by atoms with E-state index in [1.807, 2.05) is 24.4 Å². The summed E-state index contributed by atoms with van der Waals surface area (Å²) >= 11 is 1.55. The van der Waals surface area contributed by atoms with Crippen LogP contribution >= 0.6 is 11.3 Å². The molecule has 0 aromatic carbocycles. The minimum Gasteiger partial charge on any atom is -0.463 e. The maximum atomic E-state index is 11.2. The van der Waals surface area contributed by atoms with Crippen molar-refractivity contribution in [1.82, 2.24) is 19.8 Å². The first-order valence-corrected chi connectivity index (χ1v) is 7.29. The Hall–Kier alpha value is -2.48. The second kappa shape index (κ2) is 5.49. The van der Waals surface area contributed by atoms with Crippen LogP contribution in [0.25, 0.3) is 16.3 Å². The van der Waals surface area contributed by atoms with Crippen molar-refractivity contribution in [2.45, 2.75) is 19.4 Å². The van der Waals surface area contributed by atoms with Gasteiger partial charge in [-0.15, -0.1) is 26.6 Å². The molecule has 1 amide bonds. The van der Waals surface area contributed by atoms with Crippen LogP contribution in [0, 0.1) is 0 Å². The van der Waals surface area contributed by atoms with Crippen LogP contribution in [0.1, 0.15) is 13.3 Å². The van der Waals surface area contributed by atoms with Gasteiger partial charge < -0.3 is 10.5 Å². The third kappa shape index (κ3) is 2.57. The summed E-state index contributed by atoms with van der Waals surface area (Å²) in [4.78, 5) is 12.2. The maximum absolute atomic E-state index is 11.2. The molecule has 3 aromatic rings. The molecular formula is C13H13N5O2S. The van der Waals surface area contributed by atoms with E-state index in [1.54, 1.807) is 28.0 Å². The van der Waals surface area contributed by atoms with Crippen molar-refractivity contribution in [3.63, 3.8) is 0 Å². The maximum Gasteiger partial charge on any atom is 0.258 e. The third-order valence-corrected chi connectivity index (χ3v) is 3.80. The van der Waals surface area contributed by atoms with E-state index >= 15 is 0 Å². The fraction of sp³-hybridized carbons (Fsp3) is 0.231. The fourth-order valence-corrected chi connectivity index (χ4v) is 2.58. The number of hydrogen-bond donors (Lipinski definition) is 1. The van der Waals surface area contributed by atoms with Crippen LogP contribution in [0.2, 0.25) is 0 Å². The minimum atomic E-state index is -0.698. The molecule has 3 rings (SSSR count). The number of carbonyl (C=O) groups is 1. The van der Waals surface area contributed by atoms with Crippen LogP contribution in [-0.2, 0) is 4.79 Å². The summed E-state index contributed by atoms with van der Waals surface area (Å²) in [6, 6.07) is 7.25. The van der Waals surface area contributed by atoms with Crippen LogP contribution in [-0.4, -0.2) is 31.8 Å². The number of fused-ring (bicyclic) bond motifs is 1. The average Bonchev–Trinajstić information content (AvgIpc) is 3.12. The molecule has 2 N–H and O–H groups in total. The first-order valence-electron chi connectivity index (χ1n) is 6.41. The minimum absolute atomic E-state index is 0.311. The van der Waals surface area contributed by atoms with Crippen molar-refractivity contribution in [2.75, 3.05) is 0 Å². The van der Waals surface area contributed by atoms with Gasteiger partial charge in [0.15, 0.2) is 17.6 Å². The third-order valence-electron chi connectivity index (χ3n) is 2.93. The molecule has 0 aliphatic carbocycles. The van der Waals surface area contributed by atoms with Crippen LogP contribution in [0.4, 0.5) is 0 Å². The molecule has 0 saturated heterocycles. The molecule has 0 spiro atoms. The molecule has 0 bridgehead atoms. The lowest BCUT2D eigenvalue weighted by atomic mass is 10.3. The van der Waals surface area contributed by atoms with Gasteiger partial charge in [-0.1, -0.05) is 13.0 Å². The SMILES string of the molecule is CCC(Oc1ccc2nnc(-c3cccs3)n2n1)C(N)=O. The number of aromatic nitrogens is 4. The molecule has 3 heterocycles. The summed E-state index contributed by atoms with van der Waals surface area (Å²) in [5.41, 5.74) is 5.88. The Morgan fingerprint density at radius 3 is 2.95 bits per heavy atom. The summed E-state index contributed by atoms with van der Waals surface area (Å²) in [5.74, 6) is 0.435. The Balaban J connectivity index is 1.99. The molecule has 8 heteroatoms. The van der Waals surface area contributed by atoms with Crippen LogP contribution in [0.3, 0.4) is 0 Å². The van der Waals surface area contributed by atoms with E-state index < -0.39 is 12.0 Å². The van der Waals surface area contributed by atoms with Gasteiger partial charge in [0, 0.05) is 6.07 Å². The highest BCUT2D eigenvalue weighted by Gasteiger charge is 2.17. The van der Waals surface area contributed by atoms with Gasteiger partial charge >= 0.3 is 0 Å². The van der Waals surface area contributed by atoms with Crippen molar-refractivity contribution in [3.05, 3.63) is 29.6 Å². The number of rotatable bonds is 5. The quantitative estimate of drug-likeness (QED) is 0.770. The summed E-state index contributed by atoms with van der Waals surface area (Å²) in [6.45, 7) is 1.82. The number of nitrogens with two attached hydrogens (primary N) is 1. The summed E-state index contributed by atoms with van der Waals surface area (Å²) in [6.07, 6.45) is -0.216. The molecule has 108 valence electrons. The van der Waals surface area contributed by atoms with Gasteiger partial charge in [-0.05, 0) is 23.9 Å². The Morgan fingerprint density at radius 1 is 1.43 bits per heavy atom. The lowest BCUT2D eigenvalue weighted by molar-refractivity contribution is -0.124. The highest BCUT2D eigenvalue weighted by molar-refractivity contribution is 7.13. The molecule has 0 aliphatic rings. The Morgan fingerprint density at radius 2 is 2.29 bits per heavy atom. The van der Waals surface area contributed by atoms with E-state index in [9.17, 15) is 4.79 Å². The molecule has 3 aromatic heterocycles. The number of hydrogen-bond acceptors (Lipinski definition) is 6. The molecule has 7 nitrogen and oxygen atoms in total. The predicted molar refractivity (Wildman–Crippen MR) is 78.0 cm³/mol. The molecule has 0 aliphatic heterocycles. The zero-order valence-electron chi connectivity index (χ0n) is 11.3. The van der Waals surface area contributed by atoms with Gasteiger partial charge in [0.1, 0.15) is 0 Å². The van der Waals surface area contributed by atoms with E-state index in [4.69, 9.17) is 10.5 Å². The first kappa shape index (κ1) is 13.5. The zero-order chi connectivity index (χ0) is 14.8. The van der Waals surface area contributed by atoms with Crippen molar-refractivity contribution in [2.24, 2.45) is 5.73 Å². The van der Waals surface area contributed by atoms with Crippen molar-refractivity contribution in [3.8, 4) is 16.6 Å². The standard InChI is InChI=1S/C13H13N5O2S/c1-2-8(12(14)19)20-11-6-5-10-15-16-13(18(10)17-11)9-4-3-7-21-9/h3-8H,2H2,1H3,(H2,14,19).